The topological polar surface area (TPSA) is 30.0 Å². The molecule has 2 nitrogen and oxygen atoms in total. The molecule has 92 valence electrons. The third-order valence-electron chi connectivity index (χ3n) is 2.97. The van der Waals surface area contributed by atoms with E-state index in [4.69, 9.17) is 0 Å². The van der Waals surface area contributed by atoms with E-state index in [-0.39, 0.29) is 11.6 Å². The molecule has 0 amide bonds. The minimum absolute atomic E-state index is 0.154. The van der Waals surface area contributed by atoms with E-state index in [1.54, 1.807) is 42.5 Å². The van der Waals surface area contributed by atoms with Crippen molar-refractivity contribution in [3.63, 3.8) is 0 Å². The quantitative estimate of drug-likeness (QED) is 0.651. The number of nitrogens with zero attached hydrogens (tertiary/aromatic N) is 1. The van der Waals surface area contributed by atoms with Crippen molar-refractivity contribution in [1.29, 1.82) is 0 Å². The molecule has 19 heavy (non-hydrogen) atoms. The summed E-state index contributed by atoms with van der Waals surface area (Å²) in [5.74, 6) is -0.522. The number of carbonyl (C=O) groups excluding carboxylic acids is 1. The first-order chi connectivity index (χ1) is 9.25. The summed E-state index contributed by atoms with van der Waals surface area (Å²) in [5.41, 5.74) is 1.51. The maximum absolute atomic E-state index is 13.7. The first-order valence-corrected chi connectivity index (χ1v) is 5.90. The van der Waals surface area contributed by atoms with Crippen LogP contribution in [0.5, 0.6) is 0 Å². The van der Waals surface area contributed by atoms with Crippen LogP contribution in [0.4, 0.5) is 4.39 Å². The van der Waals surface area contributed by atoms with Crippen molar-refractivity contribution in [2.75, 3.05) is 0 Å². The minimum atomic E-state index is -0.368. The third kappa shape index (κ3) is 2.10. The Hall–Kier alpha value is -2.55. The van der Waals surface area contributed by atoms with Crippen LogP contribution in [-0.2, 0) is 0 Å². The highest BCUT2D eigenvalue weighted by Gasteiger charge is 2.11. The van der Waals surface area contributed by atoms with Gasteiger partial charge in [0, 0.05) is 22.7 Å². The fourth-order valence-corrected chi connectivity index (χ4v) is 1.99. The average molecular weight is 251 g/mol. The molecule has 0 N–H and O–H groups in total. The number of fused-ring (bicyclic) bond motifs is 1. The highest BCUT2D eigenvalue weighted by molar-refractivity contribution is 6.10. The van der Waals surface area contributed by atoms with E-state index in [0.29, 0.717) is 22.0 Å². The second kappa shape index (κ2) is 4.61. The number of aromatic nitrogens is 1. The van der Waals surface area contributed by atoms with Crippen molar-refractivity contribution in [2.24, 2.45) is 0 Å². The van der Waals surface area contributed by atoms with Crippen molar-refractivity contribution in [1.82, 2.24) is 4.98 Å². The van der Waals surface area contributed by atoms with Gasteiger partial charge in [-0.2, -0.15) is 0 Å². The van der Waals surface area contributed by atoms with Crippen molar-refractivity contribution in [3.8, 4) is 0 Å². The van der Waals surface area contributed by atoms with Gasteiger partial charge in [0.15, 0.2) is 5.78 Å². The molecule has 0 aliphatic heterocycles. The van der Waals surface area contributed by atoms with E-state index in [2.05, 4.69) is 4.98 Å². The normalized spacial score (nSPS) is 10.6. The summed E-state index contributed by atoms with van der Waals surface area (Å²) < 4.78 is 13.7. The van der Waals surface area contributed by atoms with E-state index in [0.717, 1.165) is 0 Å². The molecule has 0 fully saturated rings. The number of halogens is 1. The molecule has 3 heteroatoms. The van der Waals surface area contributed by atoms with E-state index < -0.39 is 0 Å². The second-order valence-electron chi connectivity index (χ2n) is 4.23. The Morgan fingerprint density at radius 1 is 0.947 bits per heavy atom. The molecule has 0 unspecified atom stereocenters. The molecule has 0 aliphatic rings. The summed E-state index contributed by atoms with van der Waals surface area (Å²) >= 11 is 0. The summed E-state index contributed by atoms with van der Waals surface area (Å²) in [4.78, 5) is 16.4. The summed E-state index contributed by atoms with van der Waals surface area (Å²) in [6.07, 6.45) is 1.48. The Bertz CT molecular complexity index is 753. The Morgan fingerprint density at radius 3 is 2.53 bits per heavy atom. The minimum Gasteiger partial charge on any atom is -0.289 e. The van der Waals surface area contributed by atoms with Gasteiger partial charge in [-0.25, -0.2) is 4.39 Å². The molecule has 0 spiro atoms. The first kappa shape index (κ1) is 11.5. The molecular formula is C16H10FNO. The van der Waals surface area contributed by atoms with Gasteiger partial charge in [0.1, 0.15) is 5.82 Å². The Morgan fingerprint density at radius 2 is 1.74 bits per heavy atom. The SMILES string of the molecule is O=C(c1ccccc1)c1cnc2cccc(F)c2c1. The maximum atomic E-state index is 13.7. The lowest BCUT2D eigenvalue weighted by atomic mass is 10.0. The first-order valence-electron chi connectivity index (χ1n) is 5.90. The van der Waals surface area contributed by atoms with Gasteiger partial charge in [0.2, 0.25) is 0 Å². The largest absolute Gasteiger partial charge is 0.289 e. The molecule has 3 aromatic rings. The van der Waals surface area contributed by atoms with Crippen LogP contribution in [0.2, 0.25) is 0 Å². The Kier molecular flexibility index (Phi) is 2.80. The molecule has 0 bridgehead atoms. The fraction of sp³-hybridized carbons (Fsp3) is 0. The standard InChI is InChI=1S/C16H10FNO/c17-14-7-4-8-15-13(14)9-12(10-18-15)16(19)11-5-2-1-3-6-11/h1-10H. The van der Waals surface area contributed by atoms with Gasteiger partial charge in [-0.1, -0.05) is 36.4 Å². The third-order valence-corrected chi connectivity index (χ3v) is 2.97. The number of ketones is 1. The summed E-state index contributed by atoms with van der Waals surface area (Å²) in [5, 5.41) is 0.365. The smallest absolute Gasteiger partial charge is 0.194 e. The van der Waals surface area contributed by atoms with E-state index >= 15 is 0 Å². The second-order valence-corrected chi connectivity index (χ2v) is 4.23. The number of benzene rings is 2. The van der Waals surface area contributed by atoms with Gasteiger partial charge < -0.3 is 0 Å². The zero-order valence-corrected chi connectivity index (χ0v) is 10.0. The predicted octanol–water partition coefficient (Wildman–Crippen LogP) is 3.60. The highest BCUT2D eigenvalue weighted by atomic mass is 19.1. The van der Waals surface area contributed by atoms with Gasteiger partial charge in [-0.15, -0.1) is 0 Å². The number of carbonyl (C=O) groups is 1. The number of hydrogen-bond donors (Lipinski definition) is 0. The predicted molar refractivity (Wildman–Crippen MR) is 71.6 cm³/mol. The molecule has 1 aromatic heterocycles. The zero-order valence-electron chi connectivity index (χ0n) is 10.0. The van der Waals surface area contributed by atoms with E-state index in [9.17, 15) is 9.18 Å². The Labute approximate surface area is 109 Å². The van der Waals surface area contributed by atoms with Crippen LogP contribution in [0.15, 0.2) is 60.8 Å². The van der Waals surface area contributed by atoms with Crippen LogP contribution >= 0.6 is 0 Å². The van der Waals surface area contributed by atoms with Crippen LogP contribution in [-0.4, -0.2) is 10.8 Å². The summed E-state index contributed by atoms with van der Waals surface area (Å²) in [6, 6.07) is 15.1. The highest BCUT2D eigenvalue weighted by Crippen LogP contribution is 2.18. The fourth-order valence-electron chi connectivity index (χ4n) is 1.99. The molecule has 0 radical (unpaired) electrons. The van der Waals surface area contributed by atoms with Crippen LogP contribution in [0.25, 0.3) is 10.9 Å². The molecule has 0 saturated carbocycles. The molecule has 2 aromatic carbocycles. The summed E-state index contributed by atoms with van der Waals surface area (Å²) in [7, 11) is 0. The van der Waals surface area contributed by atoms with Crippen molar-refractivity contribution in [2.45, 2.75) is 0 Å². The lowest BCUT2D eigenvalue weighted by Gasteiger charge is -2.03. The maximum Gasteiger partial charge on any atom is 0.194 e. The summed E-state index contributed by atoms with van der Waals surface area (Å²) in [6.45, 7) is 0. The van der Waals surface area contributed by atoms with Crippen LogP contribution in [0.1, 0.15) is 15.9 Å². The molecular weight excluding hydrogens is 241 g/mol. The lowest BCUT2D eigenvalue weighted by molar-refractivity contribution is 0.103. The monoisotopic (exact) mass is 251 g/mol. The van der Waals surface area contributed by atoms with Crippen LogP contribution < -0.4 is 0 Å². The van der Waals surface area contributed by atoms with Gasteiger partial charge in [-0.05, 0) is 18.2 Å². The number of pyridine rings is 1. The van der Waals surface area contributed by atoms with Crippen molar-refractivity contribution >= 4 is 16.7 Å². The average Bonchev–Trinajstić information content (AvgIpc) is 2.47. The molecule has 0 saturated heterocycles. The lowest BCUT2D eigenvalue weighted by Crippen LogP contribution is -2.02. The Balaban J connectivity index is 2.11. The van der Waals surface area contributed by atoms with Crippen molar-refractivity contribution in [3.05, 3.63) is 77.7 Å². The van der Waals surface area contributed by atoms with Crippen LogP contribution in [0, 0.1) is 5.82 Å². The van der Waals surface area contributed by atoms with Gasteiger partial charge in [0.05, 0.1) is 5.52 Å². The molecule has 3 rings (SSSR count). The number of hydrogen-bond acceptors (Lipinski definition) is 2. The van der Waals surface area contributed by atoms with E-state index in [1.807, 2.05) is 6.07 Å². The number of rotatable bonds is 2. The molecule has 0 atom stereocenters. The zero-order chi connectivity index (χ0) is 13.2. The van der Waals surface area contributed by atoms with Gasteiger partial charge >= 0.3 is 0 Å². The molecule has 1 heterocycles. The van der Waals surface area contributed by atoms with Crippen molar-refractivity contribution < 1.29 is 9.18 Å². The van der Waals surface area contributed by atoms with Crippen LogP contribution in [0.3, 0.4) is 0 Å². The van der Waals surface area contributed by atoms with Gasteiger partial charge in [-0.3, -0.25) is 9.78 Å². The molecule has 0 aliphatic carbocycles. The van der Waals surface area contributed by atoms with E-state index in [1.165, 1.54) is 12.3 Å². The van der Waals surface area contributed by atoms with Gasteiger partial charge in [0.25, 0.3) is 0 Å².